The van der Waals surface area contributed by atoms with Gasteiger partial charge in [0, 0.05) is 4.88 Å². The van der Waals surface area contributed by atoms with E-state index < -0.39 is 34.5 Å². The first-order valence-corrected chi connectivity index (χ1v) is 13.5. The number of thiophene rings is 1. The summed E-state index contributed by atoms with van der Waals surface area (Å²) in [7, 11) is -1.27. The van der Waals surface area contributed by atoms with Crippen molar-refractivity contribution < 1.29 is 41.7 Å². The van der Waals surface area contributed by atoms with Crippen molar-refractivity contribution in [3.63, 3.8) is 0 Å². The van der Waals surface area contributed by atoms with Crippen LogP contribution in [0.15, 0.2) is 47.4 Å². The minimum absolute atomic E-state index is 0.0395. The normalized spacial score (nSPS) is 12.2. The van der Waals surface area contributed by atoms with E-state index in [4.69, 9.17) is 18.9 Å². The topological polar surface area (TPSA) is 146 Å². The molecule has 0 unspecified atom stereocenters. The predicted octanol–water partition coefficient (Wildman–Crippen LogP) is 2.87. The Hall–Kier alpha value is -3.94. The maximum atomic E-state index is 12.7. The van der Waals surface area contributed by atoms with Gasteiger partial charge in [0.1, 0.15) is 5.00 Å². The summed E-state index contributed by atoms with van der Waals surface area (Å²) in [6.07, 6.45) is 0.375. The van der Waals surface area contributed by atoms with Crippen LogP contribution >= 0.6 is 11.3 Å². The average Bonchev–Trinajstić information content (AvgIpc) is 3.50. The Morgan fingerprint density at radius 2 is 1.82 bits per heavy atom. The van der Waals surface area contributed by atoms with Gasteiger partial charge in [0.25, 0.3) is 5.91 Å². The van der Waals surface area contributed by atoms with Gasteiger partial charge in [-0.1, -0.05) is 12.1 Å². The highest BCUT2D eigenvalue weighted by Crippen LogP contribution is 2.37. The number of carbonyl (C=O) groups excluding carboxylic acids is 3. The monoisotopic (exact) mass is 560 g/mol. The number of aryl methyl sites for hydroxylation is 1. The molecular formula is C25H24N2O9S2. The van der Waals surface area contributed by atoms with Crippen LogP contribution in [0.25, 0.3) is 0 Å². The third-order valence-corrected chi connectivity index (χ3v) is 8.13. The minimum atomic E-state index is -3.76. The second-order valence-corrected chi connectivity index (χ2v) is 11.2. The number of ether oxygens (including phenoxy) is 4. The van der Waals surface area contributed by atoms with E-state index in [9.17, 15) is 22.8 Å². The number of sulfonamides is 1. The molecular weight excluding hydrogens is 536 g/mol. The van der Waals surface area contributed by atoms with Crippen molar-refractivity contribution in [3.05, 3.63) is 69.6 Å². The predicted molar refractivity (Wildman–Crippen MR) is 137 cm³/mol. The van der Waals surface area contributed by atoms with Crippen LogP contribution in [0.5, 0.6) is 11.5 Å². The SMILES string of the molecule is CNS(=O)(=O)c1cccc(C(=O)OCC(=O)Nc2sc(C)c(Cc3ccc4c(c3)OCO4)c2C(=O)OC)c1. The van der Waals surface area contributed by atoms with Crippen molar-refractivity contribution in [1.29, 1.82) is 0 Å². The van der Waals surface area contributed by atoms with E-state index in [1.54, 1.807) is 6.07 Å². The Bertz CT molecular complexity index is 1510. The molecule has 0 radical (unpaired) electrons. The van der Waals surface area contributed by atoms with Crippen LogP contribution in [-0.2, 0) is 30.7 Å². The number of amides is 1. The van der Waals surface area contributed by atoms with E-state index in [0.29, 0.717) is 23.5 Å². The number of methoxy groups -OCH3 is 1. The van der Waals surface area contributed by atoms with Gasteiger partial charge in [-0.25, -0.2) is 22.7 Å². The summed E-state index contributed by atoms with van der Waals surface area (Å²) in [4.78, 5) is 38.4. The number of fused-ring (bicyclic) bond motifs is 1. The zero-order chi connectivity index (χ0) is 27.4. The molecule has 38 heavy (non-hydrogen) atoms. The molecule has 1 aliphatic rings. The first-order valence-electron chi connectivity index (χ1n) is 11.2. The standard InChI is InChI=1S/C25H24N2O9S2/c1-14-18(9-15-7-8-19-20(10-15)36-13-35-19)22(25(30)33-3)23(37-14)27-21(28)12-34-24(29)16-5-4-6-17(11-16)38(31,32)26-2/h4-8,10-11,26H,9,12-13H2,1-3H3,(H,27,28). The van der Waals surface area contributed by atoms with E-state index in [1.807, 2.05) is 19.1 Å². The quantitative estimate of drug-likeness (QED) is 0.377. The summed E-state index contributed by atoms with van der Waals surface area (Å²) in [5.41, 5.74) is 1.71. The number of rotatable bonds is 9. The number of nitrogens with one attached hydrogen (secondary N) is 2. The van der Waals surface area contributed by atoms with Crippen LogP contribution in [-0.4, -0.2) is 53.8 Å². The average molecular weight is 561 g/mol. The van der Waals surface area contributed by atoms with Gasteiger partial charge < -0.3 is 24.3 Å². The van der Waals surface area contributed by atoms with E-state index in [0.717, 1.165) is 16.5 Å². The van der Waals surface area contributed by atoms with Crippen LogP contribution in [0, 0.1) is 6.92 Å². The fourth-order valence-electron chi connectivity index (χ4n) is 3.74. The molecule has 0 spiro atoms. The lowest BCUT2D eigenvalue weighted by Crippen LogP contribution is -2.22. The van der Waals surface area contributed by atoms with E-state index in [2.05, 4.69) is 10.0 Å². The molecule has 11 nitrogen and oxygen atoms in total. The van der Waals surface area contributed by atoms with E-state index in [1.165, 1.54) is 43.7 Å². The molecule has 0 saturated carbocycles. The van der Waals surface area contributed by atoms with Crippen molar-refractivity contribution >= 4 is 44.2 Å². The van der Waals surface area contributed by atoms with Crippen molar-refractivity contribution in [2.75, 3.05) is 32.9 Å². The second-order valence-electron chi connectivity index (χ2n) is 8.06. The Morgan fingerprint density at radius 1 is 1.05 bits per heavy atom. The summed E-state index contributed by atoms with van der Waals surface area (Å²) in [6, 6.07) is 10.7. The van der Waals surface area contributed by atoms with Gasteiger partial charge in [0.05, 0.1) is 23.1 Å². The molecule has 1 aromatic heterocycles. The van der Waals surface area contributed by atoms with Crippen LogP contribution in [0.3, 0.4) is 0 Å². The third-order valence-electron chi connectivity index (χ3n) is 5.65. The first-order chi connectivity index (χ1) is 18.1. The Morgan fingerprint density at radius 3 is 2.55 bits per heavy atom. The molecule has 2 N–H and O–H groups in total. The number of esters is 2. The van der Waals surface area contributed by atoms with Crippen molar-refractivity contribution in [2.45, 2.75) is 18.2 Å². The molecule has 4 rings (SSSR count). The number of hydrogen-bond acceptors (Lipinski definition) is 10. The molecule has 200 valence electrons. The Kier molecular flexibility index (Phi) is 7.99. The molecule has 0 aliphatic carbocycles. The summed E-state index contributed by atoms with van der Waals surface area (Å²) >= 11 is 1.19. The molecule has 2 heterocycles. The second kappa shape index (κ2) is 11.2. The molecule has 1 amide bonds. The van der Waals surface area contributed by atoms with E-state index >= 15 is 0 Å². The third kappa shape index (κ3) is 5.79. The minimum Gasteiger partial charge on any atom is -0.465 e. The fourth-order valence-corrected chi connectivity index (χ4v) is 5.59. The summed E-state index contributed by atoms with van der Waals surface area (Å²) in [5, 5.41) is 2.87. The van der Waals surface area contributed by atoms with Gasteiger partial charge in [-0.05, 0) is 61.9 Å². The van der Waals surface area contributed by atoms with Crippen LogP contribution in [0.4, 0.5) is 5.00 Å². The van der Waals surface area contributed by atoms with Crippen LogP contribution in [0.1, 0.15) is 36.7 Å². The smallest absolute Gasteiger partial charge is 0.341 e. The van der Waals surface area contributed by atoms with Gasteiger partial charge in [-0.15, -0.1) is 11.3 Å². The zero-order valence-electron chi connectivity index (χ0n) is 20.7. The number of benzene rings is 2. The van der Waals surface area contributed by atoms with Crippen LogP contribution < -0.4 is 19.5 Å². The largest absolute Gasteiger partial charge is 0.465 e. The van der Waals surface area contributed by atoms with Gasteiger partial charge in [0.15, 0.2) is 18.1 Å². The molecule has 0 atom stereocenters. The van der Waals surface area contributed by atoms with Gasteiger partial charge in [0.2, 0.25) is 16.8 Å². The van der Waals surface area contributed by atoms with Gasteiger partial charge in [-0.2, -0.15) is 0 Å². The van der Waals surface area contributed by atoms with Crippen molar-refractivity contribution in [1.82, 2.24) is 4.72 Å². The molecule has 0 fully saturated rings. The summed E-state index contributed by atoms with van der Waals surface area (Å²) in [5.74, 6) is -0.938. The van der Waals surface area contributed by atoms with Crippen molar-refractivity contribution in [3.8, 4) is 11.5 Å². The molecule has 3 aromatic rings. The van der Waals surface area contributed by atoms with Gasteiger partial charge >= 0.3 is 11.9 Å². The lowest BCUT2D eigenvalue weighted by molar-refractivity contribution is -0.119. The first kappa shape index (κ1) is 27.1. The molecule has 1 aliphatic heterocycles. The Labute approximate surface area is 222 Å². The number of hydrogen-bond donors (Lipinski definition) is 2. The van der Waals surface area contributed by atoms with Gasteiger partial charge in [-0.3, -0.25) is 4.79 Å². The number of anilines is 1. The highest BCUT2D eigenvalue weighted by Gasteiger charge is 2.25. The molecule has 0 saturated heterocycles. The fraction of sp³-hybridized carbons (Fsp3) is 0.240. The maximum Gasteiger partial charge on any atom is 0.341 e. The molecule has 13 heteroatoms. The molecule has 2 aromatic carbocycles. The lowest BCUT2D eigenvalue weighted by atomic mass is 10.0. The van der Waals surface area contributed by atoms with E-state index in [-0.39, 0.29) is 27.8 Å². The molecule has 0 bridgehead atoms. The lowest BCUT2D eigenvalue weighted by Gasteiger charge is -2.09. The summed E-state index contributed by atoms with van der Waals surface area (Å²) in [6.45, 7) is 1.31. The van der Waals surface area contributed by atoms with Crippen LogP contribution in [0.2, 0.25) is 0 Å². The highest BCUT2D eigenvalue weighted by molar-refractivity contribution is 7.89. The number of carbonyl (C=O) groups is 3. The Balaban J connectivity index is 1.48. The van der Waals surface area contributed by atoms with Crippen molar-refractivity contribution in [2.24, 2.45) is 0 Å². The maximum absolute atomic E-state index is 12.7. The highest BCUT2D eigenvalue weighted by atomic mass is 32.2. The zero-order valence-corrected chi connectivity index (χ0v) is 22.3. The summed E-state index contributed by atoms with van der Waals surface area (Å²) < 4.78 is 46.9.